The van der Waals surface area contributed by atoms with E-state index in [0.29, 0.717) is 16.2 Å². The Morgan fingerprint density at radius 3 is 2.57 bits per heavy atom. The van der Waals surface area contributed by atoms with Gasteiger partial charge in [0.1, 0.15) is 5.82 Å². The van der Waals surface area contributed by atoms with E-state index in [1.807, 2.05) is 42.5 Å². The minimum atomic E-state index is -2.68. The van der Waals surface area contributed by atoms with Gasteiger partial charge in [0, 0.05) is 36.5 Å². The van der Waals surface area contributed by atoms with E-state index in [1.165, 1.54) is 0 Å². The highest BCUT2D eigenvalue weighted by Gasteiger charge is 2.09. The van der Waals surface area contributed by atoms with Gasteiger partial charge in [0.15, 0.2) is 0 Å². The third-order valence-corrected chi connectivity index (χ3v) is 5.14. The molecule has 0 fully saturated rings. The zero-order valence-electron chi connectivity index (χ0n) is 15.4. The number of nitrogens with one attached hydrogen (secondary N) is 3. The van der Waals surface area contributed by atoms with Gasteiger partial charge in [-0.2, -0.15) is 4.98 Å². The van der Waals surface area contributed by atoms with Crippen LogP contribution in [0.25, 0.3) is 11.0 Å². The third-order valence-electron chi connectivity index (χ3n) is 4.14. The van der Waals surface area contributed by atoms with Gasteiger partial charge in [0.25, 0.3) is 0 Å². The molecule has 0 aliphatic carbocycles. The van der Waals surface area contributed by atoms with Gasteiger partial charge in [-0.15, -0.1) is 0 Å². The molecule has 0 unspecified atom stereocenters. The molecule has 0 aliphatic rings. The average Bonchev–Trinajstić information content (AvgIpc) is 2.75. The molecule has 0 saturated heterocycles. The molecule has 0 bridgehead atoms. The molecule has 4 aromatic rings. The minimum Gasteiger partial charge on any atom is -0.339 e. The second-order valence-corrected chi connectivity index (χ2v) is 7.83. The van der Waals surface area contributed by atoms with Gasteiger partial charge in [-0.1, -0.05) is 18.2 Å². The van der Waals surface area contributed by atoms with Crippen LogP contribution in [0, 0.1) is 0 Å². The van der Waals surface area contributed by atoms with Crippen molar-refractivity contribution in [3.8, 4) is 0 Å². The molecule has 11 heteroatoms. The number of thiol groups is 1. The largest absolute Gasteiger partial charge is 0.339 e. The zero-order valence-corrected chi connectivity index (χ0v) is 17.9. The van der Waals surface area contributed by atoms with Gasteiger partial charge in [-0.05, 0) is 45.8 Å². The molecule has 3 N–H and O–H groups in total. The number of para-hydroxylation sites is 1. The van der Waals surface area contributed by atoms with Crippen LogP contribution in [0.3, 0.4) is 0 Å². The van der Waals surface area contributed by atoms with E-state index in [2.05, 4.69) is 51.2 Å². The number of nitrogens with zero attached hydrogens (tertiary/aromatic N) is 4. The van der Waals surface area contributed by atoms with Crippen molar-refractivity contribution in [2.75, 3.05) is 10.6 Å². The Bertz CT molecular complexity index is 1270. The van der Waals surface area contributed by atoms with Crippen molar-refractivity contribution in [2.45, 2.75) is 6.54 Å². The minimum absolute atomic E-state index is 0.174. The predicted molar refractivity (Wildman–Crippen MR) is 119 cm³/mol. The molecule has 0 radical (unpaired) electrons. The van der Waals surface area contributed by atoms with Crippen LogP contribution >= 0.6 is 15.9 Å². The molecule has 0 aliphatic heterocycles. The quantitative estimate of drug-likeness (QED) is 0.294. The lowest BCUT2D eigenvalue weighted by Crippen LogP contribution is -2.12. The van der Waals surface area contributed by atoms with Crippen LogP contribution in [0.4, 0.5) is 23.1 Å². The molecule has 0 atom stereocenters. The SMILES string of the molecule is O=[SH](=O)NCc1ccccc1Nc1nc(Nc2ccc3nccnc3c2)ncc1Br. The first-order valence-corrected chi connectivity index (χ1v) is 10.8. The van der Waals surface area contributed by atoms with Crippen LogP contribution < -0.4 is 15.4 Å². The lowest BCUT2D eigenvalue weighted by molar-refractivity contribution is 0.601. The number of halogens is 1. The third kappa shape index (κ3) is 4.87. The van der Waals surface area contributed by atoms with E-state index >= 15 is 0 Å². The number of aromatic nitrogens is 4. The summed E-state index contributed by atoms with van der Waals surface area (Å²) in [5.74, 6) is 0.925. The van der Waals surface area contributed by atoms with E-state index in [9.17, 15) is 8.42 Å². The van der Waals surface area contributed by atoms with E-state index < -0.39 is 10.9 Å². The van der Waals surface area contributed by atoms with Crippen LogP contribution in [0.1, 0.15) is 5.56 Å². The van der Waals surface area contributed by atoms with Crippen LogP contribution in [0.2, 0.25) is 0 Å². The summed E-state index contributed by atoms with van der Waals surface area (Å²) >= 11 is 3.45. The summed E-state index contributed by atoms with van der Waals surface area (Å²) < 4.78 is 24.8. The molecule has 0 spiro atoms. The van der Waals surface area contributed by atoms with Gasteiger partial charge in [-0.25, -0.2) is 18.1 Å². The number of rotatable bonds is 7. The van der Waals surface area contributed by atoms with E-state index in [0.717, 1.165) is 28.0 Å². The van der Waals surface area contributed by atoms with E-state index in [-0.39, 0.29) is 6.54 Å². The lowest BCUT2D eigenvalue weighted by Gasteiger charge is -2.13. The maximum atomic E-state index is 10.9. The zero-order chi connectivity index (χ0) is 20.9. The Labute approximate surface area is 182 Å². The van der Waals surface area contributed by atoms with Gasteiger partial charge >= 0.3 is 0 Å². The van der Waals surface area contributed by atoms with Crippen molar-refractivity contribution in [1.29, 1.82) is 0 Å². The molecule has 0 saturated carbocycles. The van der Waals surface area contributed by atoms with Gasteiger partial charge in [-0.3, -0.25) is 9.97 Å². The molecular formula is C19H16BrN7O2S. The van der Waals surface area contributed by atoms with E-state index in [4.69, 9.17) is 0 Å². The van der Waals surface area contributed by atoms with Gasteiger partial charge in [0.05, 0.1) is 15.5 Å². The van der Waals surface area contributed by atoms with E-state index in [1.54, 1.807) is 18.6 Å². The molecule has 2 aromatic heterocycles. The second-order valence-electron chi connectivity index (χ2n) is 6.15. The first-order valence-electron chi connectivity index (χ1n) is 8.81. The highest BCUT2D eigenvalue weighted by Crippen LogP contribution is 2.27. The van der Waals surface area contributed by atoms with Crippen molar-refractivity contribution in [3.63, 3.8) is 0 Å². The normalized spacial score (nSPS) is 11.0. The molecule has 30 heavy (non-hydrogen) atoms. The summed E-state index contributed by atoms with van der Waals surface area (Å²) in [5, 5.41) is 6.38. The van der Waals surface area contributed by atoms with Crippen molar-refractivity contribution in [1.82, 2.24) is 24.7 Å². The first-order chi connectivity index (χ1) is 14.6. The molecule has 4 rings (SSSR count). The summed E-state index contributed by atoms with van der Waals surface area (Å²) in [6, 6.07) is 13.0. The maximum Gasteiger partial charge on any atom is 0.229 e. The molecule has 0 amide bonds. The standard InChI is InChI=1S/C19H16BrN7O2S/c20-14-11-23-19(25-13-5-6-16-17(9-13)22-8-7-21-16)27-18(14)26-15-4-2-1-3-12(15)10-24-30(28)29/h1-9,11,30H,10H2,(H,24,28,29)(H2,23,25,26,27). The monoisotopic (exact) mass is 485 g/mol. The summed E-state index contributed by atoms with van der Waals surface area (Å²) in [7, 11) is -2.68. The smallest absolute Gasteiger partial charge is 0.229 e. The fourth-order valence-electron chi connectivity index (χ4n) is 2.76. The van der Waals surface area contributed by atoms with Crippen molar-refractivity contribution in [2.24, 2.45) is 0 Å². The number of hydrogen-bond acceptors (Lipinski definition) is 8. The Balaban J connectivity index is 1.58. The fraction of sp³-hybridized carbons (Fsp3) is 0.0526. The summed E-state index contributed by atoms with van der Waals surface area (Å²) in [6.45, 7) is 0.174. The van der Waals surface area contributed by atoms with Gasteiger partial charge in [0.2, 0.25) is 16.8 Å². The van der Waals surface area contributed by atoms with Crippen LogP contribution in [-0.2, 0) is 17.4 Å². The van der Waals surface area contributed by atoms with Crippen LogP contribution in [0.15, 0.2) is 65.5 Å². The molecule has 2 aromatic carbocycles. The maximum absolute atomic E-state index is 10.9. The van der Waals surface area contributed by atoms with Crippen LogP contribution in [-0.4, -0.2) is 28.4 Å². The Hall–Kier alpha value is -3.15. The van der Waals surface area contributed by atoms with Crippen molar-refractivity contribution in [3.05, 3.63) is 71.1 Å². The predicted octanol–water partition coefficient (Wildman–Crippen LogP) is 3.29. The number of fused-ring (bicyclic) bond motifs is 1. The number of anilines is 4. The number of benzene rings is 2. The molecular weight excluding hydrogens is 470 g/mol. The Morgan fingerprint density at radius 1 is 0.933 bits per heavy atom. The average molecular weight is 486 g/mol. The lowest BCUT2D eigenvalue weighted by atomic mass is 10.2. The summed E-state index contributed by atoms with van der Waals surface area (Å²) in [6.07, 6.45) is 4.92. The van der Waals surface area contributed by atoms with Crippen LogP contribution in [0.5, 0.6) is 0 Å². The highest BCUT2D eigenvalue weighted by atomic mass is 79.9. The molecule has 9 nitrogen and oxygen atoms in total. The Morgan fingerprint density at radius 2 is 1.73 bits per heavy atom. The van der Waals surface area contributed by atoms with Gasteiger partial charge < -0.3 is 10.6 Å². The summed E-state index contributed by atoms with van der Waals surface area (Å²) in [5.41, 5.74) is 3.85. The first kappa shape index (κ1) is 20.1. The Kier molecular flexibility index (Phi) is 6.12. The van der Waals surface area contributed by atoms with Crippen molar-refractivity contribution < 1.29 is 8.42 Å². The number of hydrogen-bond donors (Lipinski definition) is 4. The highest BCUT2D eigenvalue weighted by molar-refractivity contribution is 9.10. The second kappa shape index (κ2) is 9.11. The summed E-state index contributed by atoms with van der Waals surface area (Å²) in [4.78, 5) is 17.4. The molecule has 2 heterocycles. The fourth-order valence-corrected chi connectivity index (χ4v) is 3.35. The topological polar surface area (TPSA) is 122 Å². The molecule has 152 valence electrons. The van der Waals surface area contributed by atoms with Crippen molar-refractivity contribution >= 4 is 61.0 Å².